The molecule has 0 saturated carbocycles. The van der Waals surface area contributed by atoms with Gasteiger partial charge in [0.2, 0.25) is 5.90 Å². The summed E-state index contributed by atoms with van der Waals surface area (Å²) < 4.78 is 9.98. The van der Waals surface area contributed by atoms with Gasteiger partial charge in [-0.25, -0.2) is 4.99 Å². The third-order valence-corrected chi connectivity index (χ3v) is 3.34. The van der Waals surface area contributed by atoms with Gasteiger partial charge in [0.25, 0.3) is 0 Å². The van der Waals surface area contributed by atoms with Gasteiger partial charge in [0.1, 0.15) is 6.61 Å². The van der Waals surface area contributed by atoms with Crippen molar-refractivity contribution >= 4 is 46.5 Å². The fraction of sp³-hybridized carbons (Fsp3) is 0.308. The van der Waals surface area contributed by atoms with E-state index in [1.165, 1.54) is 6.07 Å². The third kappa shape index (κ3) is 3.11. The van der Waals surface area contributed by atoms with Gasteiger partial charge >= 0.3 is 5.97 Å². The van der Waals surface area contributed by atoms with E-state index in [9.17, 15) is 9.59 Å². The Labute approximate surface area is 125 Å². The molecule has 7 heteroatoms. The van der Waals surface area contributed by atoms with E-state index in [1.807, 2.05) is 0 Å². The molecule has 0 aromatic heterocycles. The van der Waals surface area contributed by atoms with Crippen molar-refractivity contribution in [3.63, 3.8) is 0 Å². The highest BCUT2D eigenvalue weighted by Gasteiger charge is 2.40. The second kappa shape index (κ2) is 6.24. The molecule has 1 aromatic carbocycles. The number of ether oxygens (including phenoxy) is 2. The van der Waals surface area contributed by atoms with Crippen molar-refractivity contribution < 1.29 is 19.1 Å². The Bertz CT molecular complexity index is 586. The quantitative estimate of drug-likeness (QED) is 0.635. The first-order valence-electron chi connectivity index (χ1n) is 5.88. The predicted octanol–water partition coefficient (Wildman–Crippen LogP) is 2.80. The molecule has 1 saturated heterocycles. The van der Waals surface area contributed by atoms with Crippen molar-refractivity contribution in [1.82, 2.24) is 0 Å². The summed E-state index contributed by atoms with van der Waals surface area (Å²) in [5, 5.41) is 0.714. The van der Waals surface area contributed by atoms with Gasteiger partial charge in [-0.05, 0) is 25.1 Å². The first-order chi connectivity index (χ1) is 9.52. The van der Waals surface area contributed by atoms with Crippen molar-refractivity contribution in [2.75, 3.05) is 13.2 Å². The number of nitrogens with zero attached hydrogens (tertiary/aromatic N) is 1. The summed E-state index contributed by atoms with van der Waals surface area (Å²) >= 11 is 11.7. The predicted molar refractivity (Wildman–Crippen MR) is 74.6 cm³/mol. The highest BCUT2D eigenvalue weighted by molar-refractivity contribution is 6.42. The largest absolute Gasteiger partial charge is 0.472 e. The van der Waals surface area contributed by atoms with E-state index < -0.39 is 11.9 Å². The summed E-state index contributed by atoms with van der Waals surface area (Å²) in [6.45, 7) is 1.65. The maximum Gasteiger partial charge on any atom is 0.326 e. The molecule has 1 aromatic rings. The van der Waals surface area contributed by atoms with Crippen LogP contribution in [0.25, 0.3) is 0 Å². The lowest BCUT2D eigenvalue weighted by Crippen LogP contribution is -2.27. The molecule has 20 heavy (non-hydrogen) atoms. The second-order valence-corrected chi connectivity index (χ2v) is 4.80. The van der Waals surface area contributed by atoms with Crippen molar-refractivity contribution in [2.45, 2.75) is 6.92 Å². The van der Waals surface area contributed by atoms with Gasteiger partial charge in [0, 0.05) is 0 Å². The van der Waals surface area contributed by atoms with Crippen LogP contribution in [0.5, 0.6) is 0 Å². The summed E-state index contributed by atoms with van der Waals surface area (Å²) in [5.41, 5.74) is 0.443. The van der Waals surface area contributed by atoms with Gasteiger partial charge in [0.05, 0.1) is 22.3 Å². The lowest BCUT2D eigenvalue weighted by Gasteiger charge is -2.07. The molecule has 0 aliphatic carbocycles. The van der Waals surface area contributed by atoms with Crippen LogP contribution in [0.3, 0.4) is 0 Å². The Hall–Kier alpha value is -1.59. The number of ketones is 1. The van der Waals surface area contributed by atoms with E-state index in [-0.39, 0.29) is 24.9 Å². The van der Waals surface area contributed by atoms with Crippen LogP contribution in [0.2, 0.25) is 10.0 Å². The minimum absolute atomic E-state index is 0.0202. The number of hydrogen-bond donors (Lipinski definition) is 0. The van der Waals surface area contributed by atoms with E-state index in [0.29, 0.717) is 15.7 Å². The number of carbonyl (C=O) groups excluding carboxylic acids is 2. The number of benzene rings is 1. The first-order valence-corrected chi connectivity index (χ1v) is 6.64. The second-order valence-electron chi connectivity index (χ2n) is 3.99. The van der Waals surface area contributed by atoms with Crippen LogP contribution < -0.4 is 0 Å². The minimum Gasteiger partial charge on any atom is -0.472 e. The molecule has 2 rings (SSSR count). The topological polar surface area (TPSA) is 65.0 Å². The molecule has 1 atom stereocenters. The van der Waals surface area contributed by atoms with Gasteiger partial charge in [-0.2, -0.15) is 0 Å². The van der Waals surface area contributed by atoms with Crippen LogP contribution in [-0.4, -0.2) is 30.9 Å². The van der Waals surface area contributed by atoms with Crippen LogP contribution in [0.4, 0.5) is 5.69 Å². The highest BCUT2D eigenvalue weighted by atomic mass is 35.5. The molecular formula is C13H11Cl2NO4. The third-order valence-electron chi connectivity index (χ3n) is 2.60. The molecule has 0 N–H and O–H groups in total. The van der Waals surface area contributed by atoms with Gasteiger partial charge in [-0.3, -0.25) is 9.59 Å². The Kier molecular flexibility index (Phi) is 4.62. The number of halogens is 2. The number of rotatable bonds is 3. The number of aliphatic imine (C=N–C) groups is 1. The molecular weight excluding hydrogens is 305 g/mol. The molecule has 1 aliphatic heterocycles. The lowest BCUT2D eigenvalue weighted by molar-refractivity contribution is -0.147. The first kappa shape index (κ1) is 14.8. The fourth-order valence-corrected chi connectivity index (χ4v) is 1.98. The smallest absolute Gasteiger partial charge is 0.326 e. The zero-order chi connectivity index (χ0) is 14.7. The van der Waals surface area contributed by atoms with Crippen LogP contribution in [-0.2, 0) is 19.1 Å². The SMILES string of the molecule is CCOC(=O)C1C(=O)COC1=Nc1ccc(Cl)c(Cl)c1. The Morgan fingerprint density at radius 1 is 1.45 bits per heavy atom. The van der Waals surface area contributed by atoms with Crippen molar-refractivity contribution in [3.05, 3.63) is 28.2 Å². The highest BCUT2D eigenvalue weighted by Crippen LogP contribution is 2.28. The van der Waals surface area contributed by atoms with E-state index in [4.69, 9.17) is 32.7 Å². The van der Waals surface area contributed by atoms with Crippen LogP contribution >= 0.6 is 23.2 Å². The lowest BCUT2D eigenvalue weighted by atomic mass is 10.1. The van der Waals surface area contributed by atoms with E-state index in [2.05, 4.69) is 4.99 Å². The monoisotopic (exact) mass is 315 g/mol. The Balaban J connectivity index is 2.29. The molecule has 0 bridgehead atoms. The summed E-state index contributed by atoms with van der Waals surface area (Å²) in [5.74, 6) is -2.12. The number of carbonyl (C=O) groups is 2. The maximum absolute atomic E-state index is 11.7. The molecule has 0 spiro atoms. The van der Waals surface area contributed by atoms with Crippen LogP contribution in [0.15, 0.2) is 23.2 Å². The minimum atomic E-state index is -1.11. The van der Waals surface area contributed by atoms with Gasteiger partial charge < -0.3 is 9.47 Å². The average molecular weight is 316 g/mol. The molecule has 0 amide bonds. The average Bonchev–Trinajstić information content (AvgIpc) is 2.75. The van der Waals surface area contributed by atoms with Crippen molar-refractivity contribution in [1.29, 1.82) is 0 Å². The normalized spacial score (nSPS) is 20.1. The summed E-state index contributed by atoms with van der Waals surface area (Å²) in [7, 11) is 0. The Morgan fingerprint density at radius 3 is 2.85 bits per heavy atom. The summed E-state index contributed by atoms with van der Waals surface area (Å²) in [4.78, 5) is 27.5. The van der Waals surface area contributed by atoms with Gasteiger partial charge in [0.15, 0.2) is 11.7 Å². The van der Waals surface area contributed by atoms with Gasteiger partial charge in [-0.1, -0.05) is 23.2 Å². The van der Waals surface area contributed by atoms with Crippen molar-refractivity contribution in [2.24, 2.45) is 10.9 Å². The maximum atomic E-state index is 11.7. The van der Waals surface area contributed by atoms with Crippen molar-refractivity contribution in [3.8, 4) is 0 Å². The number of Topliss-reactive ketones (excluding diaryl/α,β-unsaturated/α-hetero) is 1. The van der Waals surface area contributed by atoms with E-state index in [1.54, 1.807) is 19.1 Å². The summed E-state index contributed by atoms with van der Waals surface area (Å²) in [6, 6.07) is 4.69. The van der Waals surface area contributed by atoms with E-state index in [0.717, 1.165) is 0 Å². The molecule has 1 heterocycles. The molecule has 0 radical (unpaired) electrons. The number of esters is 1. The van der Waals surface area contributed by atoms with Crippen LogP contribution in [0.1, 0.15) is 6.92 Å². The Morgan fingerprint density at radius 2 is 2.20 bits per heavy atom. The van der Waals surface area contributed by atoms with Gasteiger partial charge in [-0.15, -0.1) is 0 Å². The molecule has 1 aliphatic rings. The fourth-order valence-electron chi connectivity index (χ4n) is 1.69. The number of hydrogen-bond acceptors (Lipinski definition) is 5. The standard InChI is InChI=1S/C13H11Cl2NO4/c1-2-19-13(18)11-10(17)6-20-12(11)16-7-3-4-8(14)9(15)5-7/h3-5,11H,2,6H2,1H3. The van der Waals surface area contributed by atoms with E-state index >= 15 is 0 Å². The zero-order valence-corrected chi connectivity index (χ0v) is 12.1. The van der Waals surface area contributed by atoms with Crippen LogP contribution in [0, 0.1) is 5.92 Å². The zero-order valence-electron chi connectivity index (χ0n) is 10.6. The molecule has 1 fully saturated rings. The molecule has 106 valence electrons. The molecule has 5 nitrogen and oxygen atoms in total. The molecule has 1 unspecified atom stereocenters. The summed E-state index contributed by atoms with van der Waals surface area (Å²) in [6.07, 6.45) is 0.